The van der Waals surface area contributed by atoms with E-state index in [4.69, 9.17) is 0 Å². The van der Waals surface area contributed by atoms with Crippen molar-refractivity contribution in [2.45, 2.75) is 18.9 Å². The second-order valence-electron chi connectivity index (χ2n) is 4.85. The molecule has 2 rings (SSSR count). The van der Waals surface area contributed by atoms with Crippen LogP contribution in [0.4, 0.5) is 0 Å². The Morgan fingerprint density at radius 1 is 1.39 bits per heavy atom. The second kappa shape index (κ2) is 5.72. The molecule has 1 fully saturated rings. The lowest BCUT2D eigenvalue weighted by atomic mass is 10.0. The highest BCUT2D eigenvalue weighted by Crippen LogP contribution is 2.35. The Hall–Kier alpha value is -0.390. The molecule has 0 aliphatic carbocycles. The summed E-state index contributed by atoms with van der Waals surface area (Å²) >= 11 is 3.58. The third-order valence-electron chi connectivity index (χ3n) is 3.38. The lowest BCUT2D eigenvalue weighted by Gasteiger charge is -2.25. The van der Waals surface area contributed by atoms with Crippen LogP contribution in [-0.2, 0) is 9.84 Å². The lowest BCUT2D eigenvalue weighted by Crippen LogP contribution is -2.29. The summed E-state index contributed by atoms with van der Waals surface area (Å²) in [5, 5.41) is 0. The van der Waals surface area contributed by atoms with E-state index in [0.717, 1.165) is 23.9 Å². The summed E-state index contributed by atoms with van der Waals surface area (Å²) in [6.45, 7) is 1.62. The number of sulfone groups is 1. The zero-order chi connectivity index (χ0) is 13.2. The highest BCUT2D eigenvalue weighted by Gasteiger charge is 2.27. The van der Waals surface area contributed by atoms with E-state index >= 15 is 0 Å². The van der Waals surface area contributed by atoms with Crippen LogP contribution in [0.3, 0.4) is 0 Å². The summed E-state index contributed by atoms with van der Waals surface area (Å²) in [7, 11) is -2.88. The maximum absolute atomic E-state index is 11.3. The van der Waals surface area contributed by atoms with Gasteiger partial charge in [0.05, 0.1) is 5.75 Å². The summed E-state index contributed by atoms with van der Waals surface area (Å²) in [6.07, 6.45) is 3.54. The molecule has 0 amide bonds. The molecule has 1 aliphatic rings. The Morgan fingerprint density at radius 2 is 2.11 bits per heavy atom. The van der Waals surface area contributed by atoms with Crippen molar-refractivity contribution in [3.8, 4) is 0 Å². The molecule has 1 atom stereocenters. The van der Waals surface area contributed by atoms with Crippen LogP contribution in [0.25, 0.3) is 0 Å². The number of nitrogens with zero attached hydrogens (tertiary/aromatic N) is 1. The minimum absolute atomic E-state index is 0.244. The molecule has 1 aromatic rings. The van der Waals surface area contributed by atoms with Crippen molar-refractivity contribution in [1.82, 2.24) is 4.90 Å². The van der Waals surface area contributed by atoms with Gasteiger partial charge >= 0.3 is 0 Å². The smallest absolute Gasteiger partial charge is 0.148 e. The molecule has 1 aliphatic heterocycles. The highest BCUT2D eigenvalue weighted by molar-refractivity contribution is 9.10. The molecule has 0 bridgehead atoms. The van der Waals surface area contributed by atoms with Crippen molar-refractivity contribution in [2.24, 2.45) is 0 Å². The van der Waals surface area contributed by atoms with Crippen LogP contribution in [0.15, 0.2) is 28.7 Å². The van der Waals surface area contributed by atoms with Gasteiger partial charge in [0.15, 0.2) is 0 Å². The Bertz CT molecular complexity index is 515. The number of hydrogen-bond acceptors (Lipinski definition) is 3. The van der Waals surface area contributed by atoms with E-state index in [-0.39, 0.29) is 5.75 Å². The molecule has 1 saturated heterocycles. The lowest BCUT2D eigenvalue weighted by molar-refractivity contribution is 0.272. The van der Waals surface area contributed by atoms with Crippen LogP contribution >= 0.6 is 15.9 Å². The van der Waals surface area contributed by atoms with E-state index in [9.17, 15) is 8.42 Å². The van der Waals surface area contributed by atoms with Gasteiger partial charge in [0, 0.05) is 23.3 Å². The number of likely N-dealkylation sites (tertiary alicyclic amines) is 1. The molecule has 0 spiro atoms. The van der Waals surface area contributed by atoms with Gasteiger partial charge in [0.25, 0.3) is 0 Å². The quantitative estimate of drug-likeness (QED) is 0.851. The van der Waals surface area contributed by atoms with Gasteiger partial charge < -0.3 is 0 Å². The minimum atomic E-state index is -2.88. The van der Waals surface area contributed by atoms with Crippen molar-refractivity contribution >= 4 is 25.8 Å². The average Bonchev–Trinajstić information content (AvgIpc) is 2.74. The van der Waals surface area contributed by atoms with Crippen LogP contribution < -0.4 is 0 Å². The molecule has 1 heterocycles. The van der Waals surface area contributed by atoms with Gasteiger partial charge in [0.2, 0.25) is 0 Å². The van der Waals surface area contributed by atoms with Crippen molar-refractivity contribution in [3.63, 3.8) is 0 Å². The van der Waals surface area contributed by atoms with E-state index in [1.807, 2.05) is 18.2 Å². The molecule has 18 heavy (non-hydrogen) atoms. The number of rotatable bonds is 4. The summed E-state index contributed by atoms with van der Waals surface area (Å²) in [5.41, 5.74) is 1.27. The topological polar surface area (TPSA) is 37.4 Å². The fourth-order valence-corrected chi connectivity index (χ4v) is 3.59. The zero-order valence-electron chi connectivity index (χ0n) is 10.5. The SMILES string of the molecule is CS(=O)(=O)CCN1CCC[C@H]1c1ccccc1Br. The van der Waals surface area contributed by atoms with E-state index in [1.165, 1.54) is 11.8 Å². The van der Waals surface area contributed by atoms with Crippen LogP contribution in [0, 0.1) is 0 Å². The molecular weight excluding hydrogens is 314 g/mol. The van der Waals surface area contributed by atoms with Crippen molar-refractivity contribution in [3.05, 3.63) is 34.3 Å². The molecule has 100 valence electrons. The van der Waals surface area contributed by atoms with Gasteiger partial charge in [-0.3, -0.25) is 4.90 Å². The predicted molar refractivity (Wildman–Crippen MR) is 77.4 cm³/mol. The van der Waals surface area contributed by atoms with Gasteiger partial charge in [0.1, 0.15) is 9.84 Å². The molecule has 0 saturated carbocycles. The fourth-order valence-electron chi connectivity index (χ4n) is 2.47. The zero-order valence-corrected chi connectivity index (χ0v) is 12.9. The Morgan fingerprint density at radius 3 is 2.78 bits per heavy atom. The summed E-state index contributed by atoms with van der Waals surface area (Å²) < 4.78 is 23.6. The molecule has 0 N–H and O–H groups in total. The highest BCUT2D eigenvalue weighted by atomic mass is 79.9. The van der Waals surface area contributed by atoms with Gasteiger partial charge in [-0.2, -0.15) is 0 Å². The maximum atomic E-state index is 11.3. The first-order valence-electron chi connectivity index (χ1n) is 6.13. The first-order valence-corrected chi connectivity index (χ1v) is 8.99. The van der Waals surface area contributed by atoms with Crippen molar-refractivity contribution in [2.75, 3.05) is 25.1 Å². The summed E-state index contributed by atoms with van der Waals surface area (Å²) in [5.74, 6) is 0.244. The standard InChI is InChI=1S/C13H18BrNO2S/c1-18(16,17)10-9-15-8-4-7-13(15)11-5-2-3-6-12(11)14/h2-3,5-6,13H,4,7-10H2,1H3/t13-/m0/s1. The van der Waals surface area contributed by atoms with Crippen molar-refractivity contribution in [1.29, 1.82) is 0 Å². The molecule has 1 aromatic carbocycles. The Labute approximate surface area is 117 Å². The number of halogens is 1. The van der Waals surface area contributed by atoms with Gasteiger partial charge in [-0.15, -0.1) is 0 Å². The third kappa shape index (κ3) is 3.56. The first kappa shape index (κ1) is 14.0. The number of hydrogen-bond donors (Lipinski definition) is 0. The number of benzene rings is 1. The molecule has 0 unspecified atom stereocenters. The van der Waals surface area contributed by atoms with E-state index in [1.54, 1.807) is 0 Å². The Balaban J connectivity index is 2.11. The summed E-state index contributed by atoms with van der Waals surface area (Å²) in [4.78, 5) is 2.28. The van der Waals surface area contributed by atoms with Crippen molar-refractivity contribution < 1.29 is 8.42 Å². The van der Waals surface area contributed by atoms with E-state index in [0.29, 0.717) is 12.6 Å². The van der Waals surface area contributed by atoms with Gasteiger partial charge in [-0.25, -0.2) is 8.42 Å². The monoisotopic (exact) mass is 331 g/mol. The molecule has 0 aromatic heterocycles. The van der Waals surface area contributed by atoms with Crippen LogP contribution in [0.1, 0.15) is 24.4 Å². The largest absolute Gasteiger partial charge is 0.295 e. The van der Waals surface area contributed by atoms with Crippen LogP contribution in [0.2, 0.25) is 0 Å². The van der Waals surface area contributed by atoms with Gasteiger partial charge in [-0.1, -0.05) is 34.1 Å². The molecule has 5 heteroatoms. The van der Waals surface area contributed by atoms with Gasteiger partial charge in [-0.05, 0) is 31.0 Å². The fraction of sp³-hybridized carbons (Fsp3) is 0.538. The van der Waals surface area contributed by atoms with E-state index in [2.05, 4.69) is 26.9 Å². The third-order valence-corrected chi connectivity index (χ3v) is 5.02. The normalized spacial score (nSPS) is 21.3. The molecule has 0 radical (unpaired) electrons. The average molecular weight is 332 g/mol. The second-order valence-corrected chi connectivity index (χ2v) is 7.96. The van der Waals surface area contributed by atoms with E-state index < -0.39 is 9.84 Å². The van der Waals surface area contributed by atoms with Crippen LogP contribution in [-0.4, -0.2) is 38.4 Å². The maximum Gasteiger partial charge on any atom is 0.148 e. The first-order chi connectivity index (χ1) is 8.47. The predicted octanol–water partition coefficient (Wildman–Crippen LogP) is 2.63. The minimum Gasteiger partial charge on any atom is -0.295 e. The molecular formula is C13H18BrNO2S. The van der Waals surface area contributed by atoms with Crippen LogP contribution in [0.5, 0.6) is 0 Å². The Kier molecular flexibility index (Phi) is 4.45. The molecule has 3 nitrogen and oxygen atoms in total. The summed E-state index contributed by atoms with van der Waals surface area (Å²) in [6, 6.07) is 8.55.